The van der Waals surface area contributed by atoms with Crippen LogP contribution in [0.2, 0.25) is 0 Å². The van der Waals surface area contributed by atoms with Crippen molar-refractivity contribution in [1.29, 1.82) is 0 Å². The summed E-state index contributed by atoms with van der Waals surface area (Å²) < 4.78 is 95.2. The molecule has 53 heavy (non-hydrogen) atoms. The second-order valence-electron chi connectivity index (χ2n) is 12.7. The molecule has 3 aliphatic carbocycles. The molecule has 0 radical (unpaired) electrons. The van der Waals surface area contributed by atoms with E-state index in [0.29, 0.717) is 12.8 Å². The summed E-state index contributed by atoms with van der Waals surface area (Å²) in [6.07, 6.45) is -8.69. The molecular weight excluding hydrogens is 745 g/mol. The van der Waals surface area contributed by atoms with Crippen LogP contribution in [0, 0.1) is 5.92 Å². The number of guanidine groups is 1. The molecule has 1 heterocycles. The molecule has 23 heteroatoms. The van der Waals surface area contributed by atoms with Crippen LogP contribution < -0.4 is 16.8 Å². The number of nitrogens with zero attached hydrogens (tertiary/aromatic N) is 2. The number of carboxylic acid groups (broad SMARTS) is 3. The highest BCUT2D eigenvalue weighted by Gasteiger charge is 2.64. The lowest BCUT2D eigenvalue weighted by molar-refractivity contribution is -0.193. The first-order valence-corrected chi connectivity index (χ1v) is 15.7. The number of likely N-dealkylation sites (tertiary alicyclic amines) is 1. The highest BCUT2D eigenvalue weighted by atomic mass is 19.4. The van der Waals surface area contributed by atoms with Crippen molar-refractivity contribution in [2.45, 2.75) is 93.0 Å². The first-order valence-electron chi connectivity index (χ1n) is 15.7. The van der Waals surface area contributed by atoms with Gasteiger partial charge in [0.1, 0.15) is 5.75 Å². The van der Waals surface area contributed by atoms with Crippen molar-refractivity contribution < 1.29 is 84.2 Å². The zero-order valence-corrected chi connectivity index (χ0v) is 27.6. The molecule has 3 fully saturated rings. The number of alkyl halides is 9. The van der Waals surface area contributed by atoms with Crippen LogP contribution >= 0.6 is 0 Å². The van der Waals surface area contributed by atoms with Crippen LogP contribution in [-0.4, -0.2) is 116 Å². The third kappa shape index (κ3) is 12.3. The lowest BCUT2D eigenvalue weighted by Gasteiger charge is -2.65. The molecule has 2 bridgehead atoms. The maximum absolute atomic E-state index is 12.5. The maximum atomic E-state index is 12.5. The van der Waals surface area contributed by atoms with Gasteiger partial charge in [-0.1, -0.05) is 6.07 Å². The monoisotopic (exact) mass is 783 g/mol. The molecule has 1 aromatic carbocycles. The van der Waals surface area contributed by atoms with Gasteiger partial charge in [-0.05, 0) is 80.7 Å². The molecule has 1 aliphatic heterocycles. The number of phenolic OH excluding ortho intramolecular Hbond substituents is 1. The smallest absolute Gasteiger partial charge is 0.490 e. The number of fused-ring (bicyclic) bond motifs is 1. The van der Waals surface area contributed by atoms with E-state index in [2.05, 4.69) is 15.2 Å². The van der Waals surface area contributed by atoms with Gasteiger partial charge < -0.3 is 42.3 Å². The number of halogens is 9. The topological polar surface area (TPSA) is 249 Å². The van der Waals surface area contributed by atoms with Gasteiger partial charge in [-0.15, -0.1) is 0 Å². The van der Waals surface area contributed by atoms with Crippen LogP contribution in [0.1, 0.15) is 56.1 Å². The fraction of sp³-hybridized carbons (Fsp3) is 0.633. The molecule has 0 spiro atoms. The summed E-state index contributed by atoms with van der Waals surface area (Å²) in [7, 11) is 0. The Morgan fingerprint density at radius 3 is 1.83 bits per heavy atom. The third-order valence-electron chi connectivity index (χ3n) is 9.05. The van der Waals surface area contributed by atoms with E-state index in [4.69, 9.17) is 41.2 Å². The van der Waals surface area contributed by atoms with Gasteiger partial charge in [0.25, 0.3) is 0 Å². The van der Waals surface area contributed by atoms with Crippen LogP contribution in [0.3, 0.4) is 0 Å². The molecule has 14 nitrogen and oxygen atoms in total. The Kier molecular flexibility index (Phi) is 14.4. The number of carbonyl (C=O) groups excluding carboxylic acids is 1. The van der Waals surface area contributed by atoms with E-state index in [9.17, 15) is 54.5 Å². The van der Waals surface area contributed by atoms with Gasteiger partial charge in [-0.3, -0.25) is 14.7 Å². The molecule has 1 saturated heterocycles. The lowest BCUT2D eigenvalue weighted by atomic mass is 9.49. The van der Waals surface area contributed by atoms with Crippen LogP contribution in [0.25, 0.3) is 0 Å². The van der Waals surface area contributed by atoms with Crippen molar-refractivity contribution in [1.82, 2.24) is 10.2 Å². The van der Waals surface area contributed by atoms with E-state index in [1.807, 2.05) is 12.1 Å². The molecule has 2 saturated carbocycles. The summed E-state index contributed by atoms with van der Waals surface area (Å²) in [5.41, 5.74) is 11.7. The second kappa shape index (κ2) is 17.1. The van der Waals surface area contributed by atoms with Gasteiger partial charge >= 0.3 is 36.4 Å². The van der Waals surface area contributed by atoms with Crippen molar-refractivity contribution in [3.8, 4) is 5.75 Å². The Balaban J connectivity index is 0.000000379. The quantitative estimate of drug-likeness (QED) is 0.118. The molecule has 1 aromatic rings. The molecule has 300 valence electrons. The van der Waals surface area contributed by atoms with Gasteiger partial charge in [-0.2, -0.15) is 39.5 Å². The molecule has 1 amide bonds. The summed E-state index contributed by atoms with van der Waals surface area (Å²) in [5, 5.41) is 47.1. The average molecular weight is 784 g/mol. The van der Waals surface area contributed by atoms with E-state index < -0.39 is 47.5 Å². The Morgan fingerprint density at radius 2 is 1.38 bits per heavy atom. The van der Waals surface area contributed by atoms with Crippen LogP contribution in [0.15, 0.2) is 23.2 Å². The number of hydrogen-bond acceptors (Lipinski definition) is 8. The minimum Gasteiger partial charge on any atom is -0.508 e. The van der Waals surface area contributed by atoms with Gasteiger partial charge in [0.2, 0.25) is 5.91 Å². The Labute approximate surface area is 294 Å². The summed E-state index contributed by atoms with van der Waals surface area (Å²) in [4.78, 5) is 45.6. The number of nitrogens with two attached hydrogens (primary N) is 2. The Hall–Kier alpha value is -4.54. The summed E-state index contributed by atoms with van der Waals surface area (Å²) in [6.45, 7) is 2.29. The number of carbonyl (C=O) groups is 4. The first kappa shape index (κ1) is 44.6. The fourth-order valence-electron chi connectivity index (χ4n) is 6.66. The standard InChI is InChI=1S/C24H35N5O3.3C2HF3O2/c25-22(26)27-9-6-21(31)28-17-5-7-24(32)20-11-16-3-4-18(30)12-19(16)23(24,13-17)8-10-29(20)14-15-1-2-15;3*3-2(4,5)1(6)7/h3-4,12,15,17,20,30,32H,1-2,5-11,13-14H2,(H,28,31)(H4,25,26,27);3*(H,6,7)/t17-,20-,23-,24-;;;/m1.../s1. The van der Waals surface area contributed by atoms with Gasteiger partial charge in [0.15, 0.2) is 5.96 Å². The zero-order valence-electron chi connectivity index (χ0n) is 27.6. The van der Waals surface area contributed by atoms with Crippen molar-refractivity contribution >= 4 is 29.8 Å². The SMILES string of the molecule is NC(N)=NCCC(=O)N[C@@H]1CC[C@@]2(O)[C@H]3Cc4ccc(O)cc4[C@@]2(CCN3CC2CC2)C1.O=C(O)C(F)(F)F.O=C(O)C(F)(F)F.O=C(O)C(F)(F)F. The molecule has 4 aliphatic rings. The fourth-order valence-corrected chi connectivity index (χ4v) is 6.66. The van der Waals surface area contributed by atoms with Gasteiger partial charge in [0, 0.05) is 30.5 Å². The van der Waals surface area contributed by atoms with Crippen LogP contribution in [-0.2, 0) is 31.0 Å². The van der Waals surface area contributed by atoms with E-state index in [0.717, 1.165) is 43.8 Å². The molecule has 4 atom stereocenters. The third-order valence-corrected chi connectivity index (χ3v) is 9.05. The molecular formula is C30H38F9N5O9. The maximum Gasteiger partial charge on any atom is 0.490 e. The van der Waals surface area contributed by atoms with Crippen molar-refractivity contribution in [3.63, 3.8) is 0 Å². The van der Waals surface area contributed by atoms with E-state index >= 15 is 0 Å². The average Bonchev–Trinajstić information content (AvgIpc) is 3.83. The number of piperidine rings is 1. The predicted molar refractivity (Wildman–Crippen MR) is 163 cm³/mol. The normalized spacial score (nSPS) is 24.8. The van der Waals surface area contributed by atoms with Crippen molar-refractivity contribution in [3.05, 3.63) is 29.3 Å². The minimum atomic E-state index is -5.08. The Bertz CT molecular complexity index is 1460. The van der Waals surface area contributed by atoms with E-state index in [-0.39, 0.29) is 42.7 Å². The number of aliphatic imine (C=N–C) groups is 1. The number of rotatable bonds is 6. The Morgan fingerprint density at radius 1 is 0.868 bits per heavy atom. The highest BCUT2D eigenvalue weighted by Crippen LogP contribution is 2.59. The molecule has 10 N–H and O–H groups in total. The zero-order chi connectivity index (χ0) is 40.7. The number of phenols is 1. The summed E-state index contributed by atoms with van der Waals surface area (Å²) in [6, 6.07) is 5.71. The summed E-state index contributed by atoms with van der Waals surface area (Å²) in [5.74, 6) is -7.35. The summed E-state index contributed by atoms with van der Waals surface area (Å²) >= 11 is 0. The van der Waals surface area contributed by atoms with Crippen LogP contribution in [0.5, 0.6) is 5.75 Å². The van der Waals surface area contributed by atoms with E-state index in [1.54, 1.807) is 6.07 Å². The number of aliphatic hydroxyl groups is 1. The largest absolute Gasteiger partial charge is 0.508 e. The van der Waals surface area contributed by atoms with Gasteiger partial charge in [0.05, 0.1) is 12.1 Å². The number of hydrogen-bond donors (Lipinski definition) is 8. The highest BCUT2D eigenvalue weighted by molar-refractivity contribution is 5.78. The van der Waals surface area contributed by atoms with Gasteiger partial charge in [-0.25, -0.2) is 14.4 Å². The number of amides is 1. The molecule has 5 rings (SSSR count). The number of carboxylic acids is 3. The van der Waals surface area contributed by atoms with Crippen molar-refractivity contribution in [2.75, 3.05) is 19.6 Å². The minimum absolute atomic E-state index is 0.0120. The van der Waals surface area contributed by atoms with Crippen LogP contribution in [0.4, 0.5) is 39.5 Å². The molecule has 0 unspecified atom stereocenters. The first-order chi connectivity index (χ1) is 24.1. The van der Waals surface area contributed by atoms with Crippen molar-refractivity contribution in [2.24, 2.45) is 22.4 Å². The number of benzene rings is 1. The number of nitrogens with one attached hydrogen (secondary N) is 1. The lowest BCUT2D eigenvalue weighted by Crippen LogP contribution is -2.74. The molecule has 0 aromatic heterocycles. The second-order valence-corrected chi connectivity index (χ2v) is 12.7. The number of aromatic hydroxyl groups is 1. The number of aliphatic carboxylic acids is 3. The predicted octanol–water partition coefficient (Wildman–Crippen LogP) is 2.63. The van der Waals surface area contributed by atoms with E-state index in [1.165, 1.54) is 18.4 Å².